The van der Waals surface area contributed by atoms with Crippen LogP contribution in [0.2, 0.25) is 0 Å². The molecule has 3 nitrogen and oxygen atoms in total. The van der Waals surface area contributed by atoms with Gasteiger partial charge in [-0.25, -0.2) is 13.7 Å². The molecule has 3 aromatic heterocycles. The van der Waals surface area contributed by atoms with E-state index in [4.69, 9.17) is 0 Å². The molecule has 0 radical (unpaired) electrons. The molecule has 0 atom stereocenters. The number of aryl methyl sites for hydroxylation is 3. The maximum absolute atomic E-state index is 3.43. The molecule has 0 bridgehead atoms. The zero-order valence-electron chi connectivity index (χ0n) is 32.5. The Morgan fingerprint density at radius 2 is 0.596 bits per heavy atom. The van der Waals surface area contributed by atoms with E-state index in [9.17, 15) is 0 Å². The Bertz CT molecular complexity index is 2260. The fraction of sp³-hybridized carbons (Fsp3) is 0.167. The van der Waals surface area contributed by atoms with Crippen molar-refractivity contribution in [3.63, 3.8) is 0 Å². The third kappa shape index (κ3) is 12.0. The first kappa shape index (κ1) is 38.3. The summed E-state index contributed by atoms with van der Waals surface area (Å²) in [6.45, 7) is 2.75. The van der Waals surface area contributed by atoms with Crippen molar-refractivity contribution in [1.82, 2.24) is 0 Å². The van der Waals surface area contributed by atoms with Crippen LogP contribution in [0.5, 0.6) is 0 Å². The second kappa shape index (κ2) is 20.6. The monoisotopic (exact) mass is 738 g/mol. The highest BCUT2D eigenvalue weighted by molar-refractivity contribution is 5.62. The van der Waals surface area contributed by atoms with Gasteiger partial charge in [0.05, 0.1) is 0 Å². The molecule has 3 heteroatoms. The molecule has 0 saturated heterocycles. The minimum atomic E-state index is 0.811. The van der Waals surface area contributed by atoms with Crippen LogP contribution in [-0.4, -0.2) is 0 Å². The molecule has 4 aromatic carbocycles. The van der Waals surface area contributed by atoms with Crippen molar-refractivity contribution in [2.75, 3.05) is 0 Å². The molecule has 0 saturated carbocycles. The molecular weight excluding hydrogens is 691 g/mol. The van der Waals surface area contributed by atoms with Crippen LogP contribution in [0.4, 0.5) is 0 Å². The predicted octanol–water partition coefficient (Wildman–Crippen LogP) is 10.0. The van der Waals surface area contributed by atoms with Gasteiger partial charge in [-0.2, -0.15) is 0 Å². The molecule has 0 spiro atoms. The molecular formula is C54H48N3+3. The van der Waals surface area contributed by atoms with E-state index < -0.39 is 0 Å². The summed E-state index contributed by atoms with van der Waals surface area (Å²) in [7, 11) is 0. The van der Waals surface area contributed by atoms with Crippen LogP contribution in [0.25, 0.3) is 33.4 Å². The van der Waals surface area contributed by atoms with Crippen LogP contribution in [0.15, 0.2) is 183 Å². The molecule has 0 unspecified atom stereocenters. The number of pyridine rings is 3. The standard InChI is InChI=1S/C54H48N3/c1-10-25-49(26-11-1)52-31-19-37-55(43-52)34-16-4-7-22-46-40-47(23-8-5-17-35-56-38-20-32-53(44-56)50-27-12-2-13-28-50)42-48(41-46)24-9-6-18-36-57-39-21-33-54(45-57)51-29-14-3-15-30-51/h1-3,10-15,19-21,25-33,37-45H,4-6,16-18,34-36H2/q+3. The fourth-order valence-electron chi connectivity index (χ4n) is 6.78. The number of aromatic nitrogens is 3. The van der Waals surface area contributed by atoms with Gasteiger partial charge in [0.1, 0.15) is 19.6 Å². The normalized spacial score (nSPS) is 10.3. The Balaban J connectivity index is 0.981. The lowest BCUT2D eigenvalue weighted by Gasteiger charge is -2.01. The van der Waals surface area contributed by atoms with Crippen molar-refractivity contribution in [2.45, 2.75) is 58.2 Å². The van der Waals surface area contributed by atoms with Gasteiger partial charge >= 0.3 is 0 Å². The molecule has 3 heterocycles. The second-order valence-electron chi connectivity index (χ2n) is 14.1. The minimum absolute atomic E-state index is 0.811. The second-order valence-corrected chi connectivity index (χ2v) is 14.1. The van der Waals surface area contributed by atoms with Crippen molar-refractivity contribution in [3.8, 4) is 68.9 Å². The average Bonchev–Trinajstić information content (AvgIpc) is 3.27. The van der Waals surface area contributed by atoms with Crippen molar-refractivity contribution in [2.24, 2.45) is 0 Å². The van der Waals surface area contributed by atoms with Gasteiger partial charge < -0.3 is 0 Å². The molecule has 0 amide bonds. The highest BCUT2D eigenvalue weighted by Gasteiger charge is 2.07. The average molecular weight is 739 g/mol. The summed E-state index contributed by atoms with van der Waals surface area (Å²) in [5, 5.41) is 0. The lowest BCUT2D eigenvalue weighted by molar-refractivity contribution is -0.696. The molecule has 276 valence electrons. The summed E-state index contributed by atoms with van der Waals surface area (Å²) in [6, 6.07) is 50.7. The molecule has 0 fully saturated rings. The highest BCUT2D eigenvalue weighted by Crippen LogP contribution is 2.18. The maximum Gasteiger partial charge on any atom is 0.176 e. The first-order valence-corrected chi connectivity index (χ1v) is 20.0. The molecule has 0 N–H and O–H groups in total. The smallest absolute Gasteiger partial charge is 0.176 e. The van der Waals surface area contributed by atoms with Crippen LogP contribution in [-0.2, 0) is 19.6 Å². The van der Waals surface area contributed by atoms with Crippen LogP contribution in [0.3, 0.4) is 0 Å². The Morgan fingerprint density at radius 1 is 0.316 bits per heavy atom. The lowest BCUT2D eigenvalue weighted by atomic mass is 10.1. The van der Waals surface area contributed by atoms with Gasteiger partial charge in [0.2, 0.25) is 0 Å². The minimum Gasteiger partial charge on any atom is -0.204 e. The Labute approximate surface area is 339 Å². The Hall–Kier alpha value is -6.99. The number of unbranched alkanes of at least 4 members (excludes halogenated alkanes) is 3. The van der Waals surface area contributed by atoms with Gasteiger partial charge in [-0.1, -0.05) is 127 Å². The van der Waals surface area contributed by atoms with Gasteiger partial charge in [-0.3, -0.25) is 0 Å². The third-order valence-corrected chi connectivity index (χ3v) is 9.68. The molecule has 7 rings (SSSR count). The van der Waals surface area contributed by atoms with Crippen LogP contribution < -0.4 is 13.7 Å². The van der Waals surface area contributed by atoms with E-state index in [1.54, 1.807) is 0 Å². The fourth-order valence-corrected chi connectivity index (χ4v) is 6.78. The topological polar surface area (TPSA) is 11.6 Å². The van der Waals surface area contributed by atoms with E-state index in [1.165, 1.54) is 33.4 Å². The number of hydrogen-bond acceptors (Lipinski definition) is 0. The van der Waals surface area contributed by atoms with E-state index in [1.807, 2.05) is 0 Å². The lowest BCUT2D eigenvalue weighted by Crippen LogP contribution is -2.32. The van der Waals surface area contributed by atoms with E-state index in [0.29, 0.717) is 0 Å². The van der Waals surface area contributed by atoms with E-state index in [-0.39, 0.29) is 0 Å². The number of hydrogen-bond donors (Lipinski definition) is 0. The van der Waals surface area contributed by atoms with Crippen molar-refractivity contribution >= 4 is 0 Å². The zero-order valence-corrected chi connectivity index (χ0v) is 32.5. The van der Waals surface area contributed by atoms with Gasteiger partial charge in [0.25, 0.3) is 0 Å². The largest absolute Gasteiger partial charge is 0.204 e. The number of rotatable bonds is 12. The van der Waals surface area contributed by atoms with Gasteiger partial charge in [-0.05, 0) is 53.1 Å². The van der Waals surface area contributed by atoms with Gasteiger partial charge in [0.15, 0.2) is 37.2 Å². The summed E-state index contributed by atoms with van der Waals surface area (Å²) in [5.74, 6) is 20.6. The van der Waals surface area contributed by atoms with Crippen LogP contribution in [0.1, 0.15) is 55.2 Å². The molecule has 57 heavy (non-hydrogen) atoms. The molecule has 0 aliphatic carbocycles. The molecule has 0 aliphatic heterocycles. The summed E-state index contributed by atoms with van der Waals surface area (Å²) >= 11 is 0. The number of benzene rings is 4. The summed E-state index contributed by atoms with van der Waals surface area (Å²) in [4.78, 5) is 0. The Morgan fingerprint density at radius 3 is 0.895 bits per heavy atom. The molecule has 7 aromatic rings. The van der Waals surface area contributed by atoms with Crippen LogP contribution >= 0.6 is 0 Å². The molecule has 0 aliphatic rings. The SMILES string of the molecule is C(#Cc1cc(C#CCCC[n+]2cccc(-c3ccccc3)c2)cc(C#CCCC[n+]2cccc(-c3ccccc3)c2)c1)CCC[n+]1cccc(-c2ccccc2)c1. The Kier molecular flexibility index (Phi) is 13.9. The zero-order chi connectivity index (χ0) is 38.7. The summed E-state index contributed by atoms with van der Waals surface area (Å²) < 4.78 is 6.76. The van der Waals surface area contributed by atoms with Crippen LogP contribution in [0, 0.1) is 35.5 Å². The van der Waals surface area contributed by atoms with Crippen molar-refractivity contribution in [3.05, 3.63) is 199 Å². The quantitative estimate of drug-likeness (QED) is 0.0672. The first-order chi connectivity index (χ1) is 28.2. The van der Waals surface area contributed by atoms with Gasteiger partial charge in [0, 0.05) is 90.1 Å². The van der Waals surface area contributed by atoms with E-state index >= 15 is 0 Å². The summed E-state index contributed by atoms with van der Waals surface area (Å²) in [5.41, 5.74) is 10.3. The van der Waals surface area contributed by atoms with Crippen molar-refractivity contribution < 1.29 is 13.7 Å². The summed E-state index contributed by atoms with van der Waals surface area (Å²) in [6.07, 6.45) is 18.4. The van der Waals surface area contributed by atoms with E-state index in [0.717, 1.165) is 74.8 Å². The number of nitrogens with zero attached hydrogens (tertiary/aromatic N) is 3. The first-order valence-electron chi connectivity index (χ1n) is 20.0. The van der Waals surface area contributed by atoms with Gasteiger partial charge in [-0.15, -0.1) is 0 Å². The highest BCUT2D eigenvalue weighted by atomic mass is 14.9. The predicted molar refractivity (Wildman–Crippen MR) is 231 cm³/mol. The third-order valence-electron chi connectivity index (χ3n) is 9.68. The van der Waals surface area contributed by atoms with Crippen molar-refractivity contribution in [1.29, 1.82) is 0 Å². The van der Waals surface area contributed by atoms with E-state index in [2.05, 4.69) is 232 Å². The maximum atomic E-state index is 3.43.